The van der Waals surface area contributed by atoms with Crippen molar-refractivity contribution in [1.29, 1.82) is 0 Å². The molecule has 0 fully saturated rings. The molecule has 2 aromatic heterocycles. The molecule has 0 aliphatic rings. The molecule has 18 heavy (non-hydrogen) atoms. The van der Waals surface area contributed by atoms with Crippen molar-refractivity contribution in [3.05, 3.63) is 29.9 Å². The first-order valence-electron chi connectivity index (χ1n) is 5.94. The molecule has 96 valence electrons. The van der Waals surface area contributed by atoms with Crippen LogP contribution in [0, 0.1) is 6.92 Å². The van der Waals surface area contributed by atoms with Crippen LogP contribution in [0.3, 0.4) is 0 Å². The van der Waals surface area contributed by atoms with Gasteiger partial charge in [-0.25, -0.2) is 0 Å². The second-order valence-corrected chi connectivity index (χ2v) is 5.29. The van der Waals surface area contributed by atoms with Crippen LogP contribution >= 0.6 is 0 Å². The third-order valence-electron chi connectivity index (χ3n) is 2.38. The first-order chi connectivity index (χ1) is 8.44. The topological polar surface area (TPSA) is 63.8 Å². The molecule has 2 heterocycles. The van der Waals surface area contributed by atoms with Crippen LogP contribution in [-0.4, -0.2) is 20.7 Å². The molecular weight excluding hydrogens is 228 g/mol. The van der Waals surface area contributed by atoms with E-state index in [0.29, 0.717) is 18.3 Å². The van der Waals surface area contributed by atoms with Crippen LogP contribution in [0.5, 0.6) is 0 Å². The van der Waals surface area contributed by atoms with Crippen LogP contribution in [0.25, 0.3) is 11.5 Å². The minimum Gasteiger partial charge on any atom is -0.419 e. The first kappa shape index (κ1) is 12.7. The van der Waals surface area contributed by atoms with Crippen molar-refractivity contribution in [3.8, 4) is 11.5 Å². The molecule has 0 atom stereocenters. The third-order valence-corrected chi connectivity index (χ3v) is 2.38. The van der Waals surface area contributed by atoms with Crippen LogP contribution < -0.4 is 5.32 Å². The summed E-state index contributed by atoms with van der Waals surface area (Å²) in [4.78, 5) is 4.14. The van der Waals surface area contributed by atoms with E-state index in [1.165, 1.54) is 0 Å². The number of nitrogens with one attached hydrogen (secondary N) is 1. The van der Waals surface area contributed by atoms with E-state index in [1.54, 1.807) is 6.20 Å². The van der Waals surface area contributed by atoms with Gasteiger partial charge in [0.05, 0.1) is 6.54 Å². The molecule has 0 saturated carbocycles. The molecule has 2 aromatic rings. The standard InChI is InChI=1S/C13H18N4O/c1-9-7-10(5-6-14-9)12-17-16-11(18-12)8-15-13(2,3)4/h5-7,15H,8H2,1-4H3. The van der Waals surface area contributed by atoms with Crippen molar-refractivity contribution in [2.24, 2.45) is 0 Å². The van der Waals surface area contributed by atoms with E-state index < -0.39 is 0 Å². The Labute approximate surface area is 107 Å². The van der Waals surface area contributed by atoms with Gasteiger partial charge in [0, 0.05) is 23.0 Å². The molecular formula is C13H18N4O. The fraction of sp³-hybridized carbons (Fsp3) is 0.462. The Hall–Kier alpha value is -1.75. The van der Waals surface area contributed by atoms with Gasteiger partial charge in [0.1, 0.15) is 0 Å². The average Bonchev–Trinajstić information content (AvgIpc) is 2.74. The highest BCUT2D eigenvalue weighted by Gasteiger charge is 2.13. The number of aromatic nitrogens is 3. The molecule has 0 amide bonds. The molecule has 0 bridgehead atoms. The Morgan fingerprint density at radius 1 is 1.28 bits per heavy atom. The van der Waals surface area contributed by atoms with E-state index in [2.05, 4.69) is 41.3 Å². The minimum atomic E-state index is 0.0297. The zero-order valence-electron chi connectivity index (χ0n) is 11.2. The van der Waals surface area contributed by atoms with E-state index in [0.717, 1.165) is 11.3 Å². The second kappa shape index (κ2) is 4.86. The zero-order chi connectivity index (χ0) is 13.2. The summed E-state index contributed by atoms with van der Waals surface area (Å²) in [6.07, 6.45) is 1.74. The fourth-order valence-electron chi connectivity index (χ4n) is 1.46. The zero-order valence-corrected chi connectivity index (χ0v) is 11.2. The van der Waals surface area contributed by atoms with E-state index in [4.69, 9.17) is 4.42 Å². The van der Waals surface area contributed by atoms with Crippen LogP contribution in [0.4, 0.5) is 0 Å². The lowest BCUT2D eigenvalue weighted by molar-refractivity contribution is 0.383. The summed E-state index contributed by atoms with van der Waals surface area (Å²) in [5.74, 6) is 1.13. The van der Waals surface area contributed by atoms with Crippen molar-refractivity contribution in [2.45, 2.75) is 39.8 Å². The summed E-state index contributed by atoms with van der Waals surface area (Å²) in [6.45, 7) is 8.78. The summed E-state index contributed by atoms with van der Waals surface area (Å²) >= 11 is 0. The maximum atomic E-state index is 5.61. The van der Waals surface area contributed by atoms with Gasteiger partial charge in [0.2, 0.25) is 11.8 Å². The lowest BCUT2D eigenvalue weighted by atomic mass is 10.1. The van der Waals surface area contributed by atoms with E-state index >= 15 is 0 Å². The number of aryl methyl sites for hydroxylation is 1. The second-order valence-electron chi connectivity index (χ2n) is 5.29. The molecule has 0 saturated heterocycles. The Balaban J connectivity index is 2.11. The lowest BCUT2D eigenvalue weighted by Crippen LogP contribution is -2.35. The van der Waals surface area contributed by atoms with Gasteiger partial charge in [-0.2, -0.15) is 0 Å². The Morgan fingerprint density at radius 2 is 2.06 bits per heavy atom. The quantitative estimate of drug-likeness (QED) is 0.900. The molecule has 0 aliphatic heterocycles. The largest absolute Gasteiger partial charge is 0.419 e. The fourth-order valence-corrected chi connectivity index (χ4v) is 1.46. The van der Waals surface area contributed by atoms with Crippen molar-refractivity contribution < 1.29 is 4.42 Å². The Morgan fingerprint density at radius 3 is 2.72 bits per heavy atom. The average molecular weight is 246 g/mol. The van der Waals surface area contributed by atoms with Gasteiger partial charge in [0.15, 0.2) is 0 Å². The summed E-state index contributed by atoms with van der Waals surface area (Å²) in [7, 11) is 0. The maximum Gasteiger partial charge on any atom is 0.247 e. The summed E-state index contributed by atoms with van der Waals surface area (Å²) in [6, 6.07) is 3.79. The summed E-state index contributed by atoms with van der Waals surface area (Å²) < 4.78 is 5.61. The molecule has 0 aliphatic carbocycles. The van der Waals surface area contributed by atoms with Crippen molar-refractivity contribution in [2.75, 3.05) is 0 Å². The van der Waals surface area contributed by atoms with Gasteiger partial charge in [-0.15, -0.1) is 10.2 Å². The summed E-state index contributed by atoms with van der Waals surface area (Å²) in [5.41, 5.74) is 1.86. The van der Waals surface area contributed by atoms with Gasteiger partial charge in [0.25, 0.3) is 0 Å². The maximum absolute atomic E-state index is 5.61. The van der Waals surface area contributed by atoms with Gasteiger partial charge in [-0.05, 0) is 39.8 Å². The highest BCUT2D eigenvalue weighted by Crippen LogP contribution is 2.17. The first-order valence-corrected chi connectivity index (χ1v) is 5.94. The predicted molar refractivity (Wildman–Crippen MR) is 68.9 cm³/mol. The monoisotopic (exact) mass is 246 g/mol. The van der Waals surface area contributed by atoms with Crippen LogP contribution in [0.15, 0.2) is 22.7 Å². The number of rotatable bonds is 3. The van der Waals surface area contributed by atoms with Crippen molar-refractivity contribution in [1.82, 2.24) is 20.5 Å². The van der Waals surface area contributed by atoms with E-state index in [1.807, 2.05) is 19.1 Å². The van der Waals surface area contributed by atoms with Crippen LogP contribution in [0.2, 0.25) is 0 Å². The SMILES string of the molecule is Cc1cc(-c2nnc(CNC(C)(C)C)o2)ccn1. The molecule has 5 heteroatoms. The molecule has 0 aromatic carbocycles. The normalized spacial score (nSPS) is 11.8. The third kappa shape index (κ3) is 3.37. The van der Waals surface area contributed by atoms with Crippen molar-refractivity contribution in [3.63, 3.8) is 0 Å². The van der Waals surface area contributed by atoms with Gasteiger partial charge >= 0.3 is 0 Å². The highest BCUT2D eigenvalue weighted by atomic mass is 16.4. The Bertz CT molecular complexity index is 528. The van der Waals surface area contributed by atoms with Gasteiger partial charge in [-0.3, -0.25) is 4.98 Å². The molecule has 2 rings (SSSR count). The number of nitrogens with zero attached hydrogens (tertiary/aromatic N) is 3. The molecule has 1 N–H and O–H groups in total. The van der Waals surface area contributed by atoms with E-state index in [-0.39, 0.29) is 5.54 Å². The number of hydrogen-bond donors (Lipinski definition) is 1. The summed E-state index contributed by atoms with van der Waals surface area (Å²) in [5, 5.41) is 11.4. The van der Waals surface area contributed by atoms with Gasteiger partial charge < -0.3 is 9.73 Å². The number of hydrogen-bond acceptors (Lipinski definition) is 5. The molecule has 0 radical (unpaired) electrons. The van der Waals surface area contributed by atoms with E-state index in [9.17, 15) is 0 Å². The molecule has 5 nitrogen and oxygen atoms in total. The van der Waals surface area contributed by atoms with Crippen LogP contribution in [-0.2, 0) is 6.54 Å². The Kier molecular flexibility index (Phi) is 3.43. The lowest BCUT2D eigenvalue weighted by Gasteiger charge is -2.18. The van der Waals surface area contributed by atoms with Gasteiger partial charge in [-0.1, -0.05) is 0 Å². The molecule has 0 spiro atoms. The predicted octanol–water partition coefficient (Wildman–Crippen LogP) is 2.33. The van der Waals surface area contributed by atoms with Crippen LogP contribution in [0.1, 0.15) is 32.4 Å². The van der Waals surface area contributed by atoms with Crippen molar-refractivity contribution >= 4 is 0 Å². The minimum absolute atomic E-state index is 0.0297. The smallest absolute Gasteiger partial charge is 0.247 e. The number of pyridine rings is 1. The highest BCUT2D eigenvalue weighted by molar-refractivity contribution is 5.52. The molecule has 0 unspecified atom stereocenters.